The highest BCUT2D eigenvalue weighted by Crippen LogP contribution is 2.30. The van der Waals surface area contributed by atoms with Gasteiger partial charge in [-0.05, 0) is 66.5 Å². The van der Waals surface area contributed by atoms with E-state index in [1.54, 1.807) is 0 Å². The van der Waals surface area contributed by atoms with Crippen molar-refractivity contribution >= 4 is 0 Å². The molecule has 1 rings (SSSR count). The Hall–Kier alpha value is -0.160. The number of rotatable bonds is 7. The first kappa shape index (κ1) is 17.9. The van der Waals surface area contributed by atoms with E-state index < -0.39 is 0 Å². The van der Waals surface area contributed by atoms with Gasteiger partial charge in [0.25, 0.3) is 0 Å². The van der Waals surface area contributed by atoms with Crippen LogP contribution in [-0.4, -0.2) is 79.6 Å². The van der Waals surface area contributed by atoms with Crippen LogP contribution in [0.4, 0.5) is 0 Å². The van der Waals surface area contributed by atoms with Crippen LogP contribution in [0.2, 0.25) is 0 Å². The first-order valence-electron chi connectivity index (χ1n) is 8.33. The molecule has 1 fully saturated rings. The van der Waals surface area contributed by atoms with Gasteiger partial charge in [0.1, 0.15) is 0 Å². The Kier molecular flexibility index (Phi) is 7.45. The molecule has 2 unspecified atom stereocenters. The summed E-state index contributed by atoms with van der Waals surface area (Å²) < 4.78 is 0. The standard InChI is InChI=1S/C16H36N4/c1-6-19-11-8-9-16(14-17,10-12-19)20(7-2)15(3)13-18(4)5/h15H,6-14,17H2,1-5H3. The third-order valence-electron chi connectivity index (χ3n) is 4.95. The Morgan fingerprint density at radius 3 is 2.40 bits per heavy atom. The van der Waals surface area contributed by atoms with E-state index in [0.29, 0.717) is 6.04 Å². The van der Waals surface area contributed by atoms with E-state index in [2.05, 4.69) is 49.6 Å². The van der Waals surface area contributed by atoms with Gasteiger partial charge in [-0.2, -0.15) is 0 Å². The lowest BCUT2D eigenvalue weighted by Gasteiger charge is -2.46. The molecule has 2 atom stereocenters. The molecule has 1 saturated heterocycles. The fourth-order valence-corrected chi connectivity index (χ4v) is 3.90. The van der Waals surface area contributed by atoms with Crippen LogP contribution in [0.3, 0.4) is 0 Å². The molecule has 4 nitrogen and oxygen atoms in total. The van der Waals surface area contributed by atoms with Gasteiger partial charge in [0.2, 0.25) is 0 Å². The number of nitrogens with two attached hydrogens (primary N) is 1. The first-order chi connectivity index (χ1) is 9.49. The fraction of sp³-hybridized carbons (Fsp3) is 1.00. The van der Waals surface area contributed by atoms with Crippen molar-refractivity contribution in [2.45, 2.75) is 51.6 Å². The summed E-state index contributed by atoms with van der Waals surface area (Å²) in [5.74, 6) is 0. The van der Waals surface area contributed by atoms with E-state index in [0.717, 1.165) is 19.6 Å². The maximum Gasteiger partial charge on any atom is 0.0347 e. The molecule has 4 heteroatoms. The van der Waals surface area contributed by atoms with Gasteiger partial charge in [-0.3, -0.25) is 4.90 Å². The van der Waals surface area contributed by atoms with Gasteiger partial charge in [0.05, 0.1) is 0 Å². The smallest absolute Gasteiger partial charge is 0.0347 e. The average molecular weight is 284 g/mol. The second-order valence-electron chi connectivity index (χ2n) is 6.61. The van der Waals surface area contributed by atoms with Crippen LogP contribution in [-0.2, 0) is 0 Å². The second kappa shape index (κ2) is 8.32. The van der Waals surface area contributed by atoms with Crippen molar-refractivity contribution in [1.29, 1.82) is 0 Å². The van der Waals surface area contributed by atoms with Gasteiger partial charge >= 0.3 is 0 Å². The van der Waals surface area contributed by atoms with Gasteiger partial charge in [0, 0.05) is 24.7 Å². The Labute approximate surface area is 126 Å². The Balaban J connectivity index is 2.83. The molecule has 2 N–H and O–H groups in total. The zero-order valence-corrected chi connectivity index (χ0v) is 14.4. The van der Waals surface area contributed by atoms with Crippen LogP contribution in [0, 0.1) is 0 Å². The van der Waals surface area contributed by atoms with Crippen LogP contribution >= 0.6 is 0 Å². The monoisotopic (exact) mass is 284 g/mol. The molecule has 120 valence electrons. The SMILES string of the molecule is CCN1CCCC(CN)(N(CC)C(C)CN(C)C)CC1. The zero-order chi connectivity index (χ0) is 15.2. The number of nitrogens with zero attached hydrogens (tertiary/aromatic N) is 3. The minimum atomic E-state index is 0.202. The normalized spacial score (nSPS) is 27.0. The fourth-order valence-electron chi connectivity index (χ4n) is 3.90. The number of hydrogen-bond acceptors (Lipinski definition) is 4. The number of likely N-dealkylation sites (tertiary alicyclic amines) is 1. The van der Waals surface area contributed by atoms with Crippen molar-refractivity contribution in [2.24, 2.45) is 5.73 Å². The molecule has 0 aromatic heterocycles. The summed E-state index contributed by atoms with van der Waals surface area (Å²) in [5, 5.41) is 0. The molecule has 0 bridgehead atoms. The topological polar surface area (TPSA) is 35.7 Å². The van der Waals surface area contributed by atoms with Gasteiger partial charge < -0.3 is 15.5 Å². The molecule has 20 heavy (non-hydrogen) atoms. The van der Waals surface area contributed by atoms with Gasteiger partial charge in [-0.15, -0.1) is 0 Å². The lowest BCUT2D eigenvalue weighted by Crippen LogP contribution is -2.59. The molecular formula is C16H36N4. The van der Waals surface area contributed by atoms with Crippen molar-refractivity contribution in [1.82, 2.24) is 14.7 Å². The van der Waals surface area contributed by atoms with Crippen molar-refractivity contribution in [3.05, 3.63) is 0 Å². The third-order valence-corrected chi connectivity index (χ3v) is 4.95. The van der Waals surface area contributed by atoms with E-state index in [-0.39, 0.29) is 5.54 Å². The van der Waals surface area contributed by atoms with Crippen molar-refractivity contribution < 1.29 is 0 Å². The third kappa shape index (κ3) is 4.42. The Morgan fingerprint density at radius 1 is 1.20 bits per heavy atom. The minimum absolute atomic E-state index is 0.202. The minimum Gasteiger partial charge on any atom is -0.329 e. The molecule has 0 radical (unpaired) electrons. The lowest BCUT2D eigenvalue weighted by molar-refractivity contribution is 0.0367. The molecule has 0 aromatic carbocycles. The zero-order valence-electron chi connectivity index (χ0n) is 14.4. The van der Waals surface area contributed by atoms with E-state index >= 15 is 0 Å². The van der Waals surface area contributed by atoms with Gasteiger partial charge in [-0.1, -0.05) is 13.8 Å². The van der Waals surface area contributed by atoms with Crippen LogP contribution < -0.4 is 5.73 Å². The molecule has 1 heterocycles. The maximum absolute atomic E-state index is 6.27. The summed E-state index contributed by atoms with van der Waals surface area (Å²) in [6.45, 7) is 13.5. The quantitative estimate of drug-likeness (QED) is 0.768. The largest absolute Gasteiger partial charge is 0.329 e. The van der Waals surface area contributed by atoms with Crippen molar-refractivity contribution in [3.63, 3.8) is 0 Å². The van der Waals surface area contributed by atoms with E-state index in [1.165, 1.54) is 38.9 Å². The van der Waals surface area contributed by atoms with Crippen molar-refractivity contribution in [3.8, 4) is 0 Å². The number of hydrogen-bond donors (Lipinski definition) is 1. The highest BCUT2D eigenvalue weighted by Gasteiger charge is 2.38. The predicted octanol–water partition coefficient (Wildman–Crippen LogP) is 1.46. The van der Waals surface area contributed by atoms with Crippen molar-refractivity contribution in [2.75, 3.05) is 53.4 Å². The van der Waals surface area contributed by atoms with Crippen LogP contribution in [0.5, 0.6) is 0 Å². The van der Waals surface area contributed by atoms with E-state index in [4.69, 9.17) is 5.73 Å². The first-order valence-corrected chi connectivity index (χ1v) is 8.33. The molecule has 0 amide bonds. The summed E-state index contributed by atoms with van der Waals surface area (Å²) in [7, 11) is 4.32. The summed E-state index contributed by atoms with van der Waals surface area (Å²) in [6, 6.07) is 0.562. The summed E-state index contributed by atoms with van der Waals surface area (Å²) in [4.78, 5) is 7.53. The molecule has 0 saturated carbocycles. The average Bonchev–Trinajstić information content (AvgIpc) is 2.62. The molecule has 0 aliphatic carbocycles. The van der Waals surface area contributed by atoms with Crippen LogP contribution in [0.1, 0.15) is 40.0 Å². The summed E-state index contributed by atoms with van der Waals surface area (Å²) >= 11 is 0. The van der Waals surface area contributed by atoms with Gasteiger partial charge in [-0.25, -0.2) is 0 Å². The van der Waals surface area contributed by atoms with Crippen LogP contribution in [0.25, 0.3) is 0 Å². The Morgan fingerprint density at radius 2 is 1.90 bits per heavy atom. The molecule has 1 aliphatic rings. The highest BCUT2D eigenvalue weighted by atomic mass is 15.3. The van der Waals surface area contributed by atoms with E-state index in [9.17, 15) is 0 Å². The molecule has 0 aromatic rings. The lowest BCUT2D eigenvalue weighted by atomic mass is 9.87. The summed E-state index contributed by atoms with van der Waals surface area (Å²) in [5.41, 5.74) is 6.47. The van der Waals surface area contributed by atoms with E-state index in [1.807, 2.05) is 0 Å². The maximum atomic E-state index is 6.27. The molecule has 1 aliphatic heterocycles. The molecule has 0 spiro atoms. The molecular weight excluding hydrogens is 248 g/mol. The van der Waals surface area contributed by atoms with Crippen LogP contribution in [0.15, 0.2) is 0 Å². The summed E-state index contributed by atoms with van der Waals surface area (Å²) in [6.07, 6.45) is 3.73. The highest BCUT2D eigenvalue weighted by molar-refractivity contribution is 4.96. The Bertz CT molecular complexity index is 269. The predicted molar refractivity (Wildman–Crippen MR) is 88.1 cm³/mol. The second-order valence-corrected chi connectivity index (χ2v) is 6.61. The number of likely N-dealkylation sites (N-methyl/N-ethyl adjacent to an activating group) is 2. The van der Waals surface area contributed by atoms with Gasteiger partial charge in [0.15, 0.2) is 0 Å².